The molecule has 14 heavy (non-hydrogen) atoms. The first-order chi connectivity index (χ1) is 6.83. The third-order valence-corrected chi connectivity index (χ3v) is 2.24. The maximum absolute atomic E-state index is 8.65. The van der Waals surface area contributed by atoms with E-state index < -0.39 is 0 Å². The first-order valence-electron chi connectivity index (χ1n) is 5.19. The highest BCUT2D eigenvalue weighted by Gasteiger charge is 2.01. The van der Waals surface area contributed by atoms with Gasteiger partial charge >= 0.3 is 0 Å². The summed E-state index contributed by atoms with van der Waals surface area (Å²) in [7, 11) is 0. The lowest BCUT2D eigenvalue weighted by molar-refractivity contribution is 0.276. The van der Waals surface area contributed by atoms with Crippen molar-refractivity contribution in [3.63, 3.8) is 0 Å². The third-order valence-electron chi connectivity index (χ3n) is 2.24. The number of nitrogens with one attached hydrogen (secondary N) is 1. The van der Waals surface area contributed by atoms with E-state index in [1.165, 1.54) is 0 Å². The van der Waals surface area contributed by atoms with Crippen molar-refractivity contribution in [2.45, 2.75) is 32.2 Å². The van der Waals surface area contributed by atoms with E-state index in [2.05, 4.69) is 12.2 Å². The summed E-state index contributed by atoms with van der Waals surface area (Å²) in [4.78, 5) is 0. The fourth-order valence-electron chi connectivity index (χ4n) is 1.40. The van der Waals surface area contributed by atoms with Gasteiger partial charge in [-0.2, -0.15) is 0 Å². The van der Waals surface area contributed by atoms with Crippen LogP contribution in [0.1, 0.15) is 25.5 Å². The van der Waals surface area contributed by atoms with Crippen molar-refractivity contribution >= 4 is 0 Å². The molecule has 2 N–H and O–H groups in total. The molecule has 3 nitrogen and oxygen atoms in total. The highest BCUT2D eigenvalue weighted by atomic mass is 16.3. The smallest absolute Gasteiger partial charge is 0.105 e. The molecular formula is C11H19NO2. The molecule has 0 spiro atoms. The van der Waals surface area contributed by atoms with Crippen molar-refractivity contribution in [2.24, 2.45) is 0 Å². The van der Waals surface area contributed by atoms with E-state index in [0.29, 0.717) is 6.04 Å². The lowest BCUT2D eigenvalue weighted by Gasteiger charge is -2.11. The zero-order valence-corrected chi connectivity index (χ0v) is 8.70. The lowest BCUT2D eigenvalue weighted by Crippen LogP contribution is -2.28. The van der Waals surface area contributed by atoms with Gasteiger partial charge in [-0.05, 0) is 31.9 Å². The van der Waals surface area contributed by atoms with Crippen molar-refractivity contribution in [1.29, 1.82) is 0 Å². The predicted octanol–water partition coefficient (Wildman–Crippen LogP) is 1.57. The van der Waals surface area contributed by atoms with Crippen LogP contribution in [0.5, 0.6) is 0 Å². The molecule has 0 amide bonds. The summed E-state index contributed by atoms with van der Waals surface area (Å²) >= 11 is 0. The molecule has 0 saturated carbocycles. The van der Waals surface area contributed by atoms with E-state index >= 15 is 0 Å². The fraction of sp³-hybridized carbons (Fsp3) is 0.636. The average molecular weight is 197 g/mol. The minimum atomic E-state index is 0.282. The topological polar surface area (TPSA) is 45.4 Å². The molecule has 3 heteroatoms. The first-order valence-corrected chi connectivity index (χ1v) is 5.19. The van der Waals surface area contributed by atoms with Gasteiger partial charge in [0.15, 0.2) is 0 Å². The Balaban J connectivity index is 2.03. The fourth-order valence-corrected chi connectivity index (χ4v) is 1.40. The van der Waals surface area contributed by atoms with Crippen molar-refractivity contribution < 1.29 is 9.52 Å². The van der Waals surface area contributed by atoms with Crippen molar-refractivity contribution in [3.8, 4) is 0 Å². The first kappa shape index (κ1) is 11.3. The molecule has 0 aromatic carbocycles. The Morgan fingerprint density at radius 1 is 1.57 bits per heavy atom. The Morgan fingerprint density at radius 3 is 3.07 bits per heavy atom. The van der Waals surface area contributed by atoms with Gasteiger partial charge in [-0.25, -0.2) is 0 Å². The summed E-state index contributed by atoms with van der Waals surface area (Å²) in [6.45, 7) is 3.35. The lowest BCUT2D eigenvalue weighted by atomic mass is 10.2. The van der Waals surface area contributed by atoms with Crippen LogP contribution in [0.4, 0.5) is 0 Å². The molecule has 1 aromatic heterocycles. The number of rotatable bonds is 7. The molecule has 0 aliphatic carbocycles. The van der Waals surface area contributed by atoms with E-state index in [9.17, 15) is 0 Å². The van der Waals surface area contributed by atoms with Crippen molar-refractivity contribution in [3.05, 3.63) is 24.2 Å². The van der Waals surface area contributed by atoms with Gasteiger partial charge < -0.3 is 14.8 Å². The molecule has 0 saturated heterocycles. The number of hydrogen-bond acceptors (Lipinski definition) is 3. The van der Waals surface area contributed by atoms with Gasteiger partial charge in [-0.1, -0.05) is 0 Å². The molecule has 0 bridgehead atoms. The van der Waals surface area contributed by atoms with E-state index in [0.717, 1.165) is 31.6 Å². The maximum atomic E-state index is 8.65. The minimum absolute atomic E-state index is 0.282. The van der Waals surface area contributed by atoms with Gasteiger partial charge in [0, 0.05) is 25.6 Å². The van der Waals surface area contributed by atoms with Crippen LogP contribution in [-0.2, 0) is 6.42 Å². The molecule has 80 valence electrons. The summed E-state index contributed by atoms with van der Waals surface area (Å²) in [5.74, 6) is 1.02. The van der Waals surface area contributed by atoms with Crippen LogP contribution in [0.3, 0.4) is 0 Å². The Labute approximate surface area is 85.1 Å². The Kier molecular flexibility index (Phi) is 5.33. The van der Waals surface area contributed by atoms with Gasteiger partial charge in [0.2, 0.25) is 0 Å². The van der Waals surface area contributed by atoms with Crippen LogP contribution in [-0.4, -0.2) is 24.3 Å². The van der Waals surface area contributed by atoms with E-state index in [1.54, 1.807) is 6.26 Å². The summed E-state index contributed by atoms with van der Waals surface area (Å²) < 4.78 is 5.22. The number of aliphatic hydroxyl groups is 1. The molecule has 0 aliphatic rings. The molecule has 1 atom stereocenters. The number of furan rings is 1. The monoisotopic (exact) mass is 197 g/mol. The molecule has 1 unspecified atom stereocenters. The van der Waals surface area contributed by atoms with Gasteiger partial charge in [0.1, 0.15) is 5.76 Å². The molecule has 0 aliphatic heterocycles. The van der Waals surface area contributed by atoms with Crippen LogP contribution in [0.2, 0.25) is 0 Å². The Hall–Kier alpha value is -0.800. The summed E-state index contributed by atoms with van der Waals surface area (Å²) in [5, 5.41) is 12.0. The van der Waals surface area contributed by atoms with E-state index in [1.807, 2.05) is 12.1 Å². The second-order valence-electron chi connectivity index (χ2n) is 3.55. The van der Waals surface area contributed by atoms with Gasteiger partial charge in [-0.3, -0.25) is 0 Å². The standard InChI is InChI=1S/C11H19NO2/c1-10(4-2-8-13)12-7-6-11-5-3-9-14-11/h3,5,9-10,12-13H,2,4,6-8H2,1H3. The van der Waals surface area contributed by atoms with Crippen molar-refractivity contribution in [2.75, 3.05) is 13.2 Å². The zero-order chi connectivity index (χ0) is 10.2. The van der Waals surface area contributed by atoms with E-state index in [4.69, 9.17) is 9.52 Å². The average Bonchev–Trinajstić information content (AvgIpc) is 2.67. The van der Waals surface area contributed by atoms with E-state index in [-0.39, 0.29) is 6.61 Å². The van der Waals surface area contributed by atoms with Crippen molar-refractivity contribution in [1.82, 2.24) is 5.32 Å². The second kappa shape index (κ2) is 6.62. The number of aliphatic hydroxyl groups excluding tert-OH is 1. The molecule has 0 radical (unpaired) electrons. The summed E-state index contributed by atoms with van der Waals surface area (Å²) in [5.41, 5.74) is 0. The normalized spacial score (nSPS) is 13.0. The molecule has 1 rings (SSSR count). The largest absolute Gasteiger partial charge is 0.469 e. The Morgan fingerprint density at radius 2 is 2.43 bits per heavy atom. The second-order valence-corrected chi connectivity index (χ2v) is 3.55. The van der Waals surface area contributed by atoms with Crippen LogP contribution in [0, 0.1) is 0 Å². The molecule has 0 fully saturated rings. The SMILES string of the molecule is CC(CCCO)NCCc1ccco1. The van der Waals surface area contributed by atoms with Crippen LogP contribution in [0.25, 0.3) is 0 Å². The number of hydrogen-bond donors (Lipinski definition) is 2. The summed E-state index contributed by atoms with van der Waals surface area (Å²) in [6.07, 6.45) is 4.52. The highest BCUT2D eigenvalue weighted by molar-refractivity contribution is 4.98. The van der Waals surface area contributed by atoms with Crippen LogP contribution < -0.4 is 5.32 Å². The molecular weight excluding hydrogens is 178 g/mol. The molecule has 1 heterocycles. The third kappa shape index (κ3) is 4.44. The minimum Gasteiger partial charge on any atom is -0.469 e. The summed E-state index contributed by atoms with van der Waals surface area (Å²) in [6, 6.07) is 4.36. The highest BCUT2D eigenvalue weighted by Crippen LogP contribution is 2.00. The predicted molar refractivity (Wildman–Crippen MR) is 56.2 cm³/mol. The molecule has 1 aromatic rings. The van der Waals surface area contributed by atoms with Crippen LogP contribution in [0.15, 0.2) is 22.8 Å². The maximum Gasteiger partial charge on any atom is 0.105 e. The Bertz CT molecular complexity index is 221. The van der Waals surface area contributed by atoms with Gasteiger partial charge in [0.25, 0.3) is 0 Å². The van der Waals surface area contributed by atoms with Gasteiger partial charge in [0.05, 0.1) is 6.26 Å². The zero-order valence-electron chi connectivity index (χ0n) is 8.70. The quantitative estimate of drug-likeness (QED) is 0.697. The van der Waals surface area contributed by atoms with Gasteiger partial charge in [-0.15, -0.1) is 0 Å². The van der Waals surface area contributed by atoms with Crippen LogP contribution >= 0.6 is 0 Å².